The maximum absolute atomic E-state index is 13.0. The molecule has 0 fully saturated rings. The van der Waals surface area contributed by atoms with Crippen LogP contribution in [0.4, 0.5) is 10.7 Å². The third kappa shape index (κ3) is 3.02. The number of fused-ring (bicyclic) bond motifs is 3. The highest BCUT2D eigenvalue weighted by Gasteiger charge is 2.28. The van der Waals surface area contributed by atoms with E-state index >= 15 is 0 Å². The van der Waals surface area contributed by atoms with Crippen LogP contribution in [0.2, 0.25) is 0 Å². The van der Waals surface area contributed by atoms with Crippen molar-refractivity contribution in [1.29, 1.82) is 0 Å². The number of carbonyl (C=O) groups excluding carboxylic acids is 2. The molecule has 0 aliphatic heterocycles. The van der Waals surface area contributed by atoms with Crippen LogP contribution in [0.15, 0.2) is 6.07 Å². The number of nitrogens with one attached hydrogen (secondary N) is 1. The number of nitrogens with zero attached hydrogens (tertiary/aromatic N) is 1. The Hall–Kier alpha value is -2.45. The summed E-state index contributed by atoms with van der Waals surface area (Å²) in [6.45, 7) is 2.25. The van der Waals surface area contributed by atoms with Crippen LogP contribution in [0.1, 0.15) is 61.5 Å². The summed E-state index contributed by atoms with van der Waals surface area (Å²) in [7, 11) is 0. The first-order valence-electron chi connectivity index (χ1n) is 9.88. The Balaban J connectivity index is 1.51. The summed E-state index contributed by atoms with van der Waals surface area (Å²) in [5, 5.41) is 4.27. The molecule has 2 aliphatic rings. The van der Waals surface area contributed by atoms with Crippen LogP contribution < -0.4 is 16.8 Å². The minimum atomic E-state index is -0.493. The number of aromatic nitrogens is 1. The number of amides is 2. The summed E-state index contributed by atoms with van der Waals surface area (Å²) in [5.41, 5.74) is 16.2. The summed E-state index contributed by atoms with van der Waals surface area (Å²) in [5.74, 6) is -0.163. The predicted molar refractivity (Wildman–Crippen MR) is 118 cm³/mol. The van der Waals surface area contributed by atoms with E-state index in [-0.39, 0.29) is 5.91 Å². The topological polar surface area (TPSA) is 111 Å². The van der Waals surface area contributed by atoms with Gasteiger partial charge in [0.2, 0.25) is 0 Å². The molecular formula is C21H22N4O2S2. The highest BCUT2D eigenvalue weighted by atomic mass is 32.1. The predicted octanol–water partition coefficient (Wildman–Crippen LogP) is 3.90. The zero-order chi connectivity index (χ0) is 20.3. The standard InChI is InChI=1S/C21H22N4O2S2/c1-9-5-6-13-10(7-9)8-12-16(22)17(29-20(12)24-13)19(27)25-21-15(18(23)26)11-3-2-4-14(11)28-21/h8-9H,2-7,22H2,1H3,(H2,23,26)(H,25,27). The maximum atomic E-state index is 13.0. The van der Waals surface area contributed by atoms with Gasteiger partial charge in [-0.05, 0) is 61.6 Å². The van der Waals surface area contributed by atoms with E-state index in [9.17, 15) is 9.59 Å². The fraction of sp³-hybridized carbons (Fsp3) is 0.381. The van der Waals surface area contributed by atoms with Gasteiger partial charge in [-0.1, -0.05) is 6.92 Å². The molecule has 150 valence electrons. The number of thiophene rings is 2. The van der Waals surface area contributed by atoms with Gasteiger partial charge in [0.05, 0.1) is 11.3 Å². The molecule has 5 N–H and O–H groups in total. The largest absolute Gasteiger partial charge is 0.397 e. The lowest BCUT2D eigenvalue weighted by Crippen LogP contribution is -2.17. The van der Waals surface area contributed by atoms with E-state index in [0.29, 0.717) is 27.0 Å². The van der Waals surface area contributed by atoms with Gasteiger partial charge in [-0.25, -0.2) is 4.98 Å². The van der Waals surface area contributed by atoms with Gasteiger partial charge in [-0.2, -0.15) is 0 Å². The Morgan fingerprint density at radius 1 is 1.24 bits per heavy atom. The van der Waals surface area contributed by atoms with Gasteiger partial charge >= 0.3 is 0 Å². The number of hydrogen-bond acceptors (Lipinski definition) is 6. The molecule has 6 nitrogen and oxygen atoms in total. The second-order valence-electron chi connectivity index (χ2n) is 8.02. The molecule has 8 heteroatoms. The van der Waals surface area contributed by atoms with Crippen LogP contribution in [-0.2, 0) is 25.7 Å². The van der Waals surface area contributed by atoms with Gasteiger partial charge in [0, 0.05) is 16.0 Å². The summed E-state index contributed by atoms with van der Waals surface area (Å²) in [4.78, 5) is 32.2. The molecule has 2 aliphatic carbocycles. The van der Waals surface area contributed by atoms with Crippen molar-refractivity contribution in [2.24, 2.45) is 11.7 Å². The van der Waals surface area contributed by atoms with Crippen molar-refractivity contribution in [3.05, 3.63) is 38.2 Å². The third-order valence-corrected chi connectivity index (χ3v) is 8.25. The first kappa shape index (κ1) is 18.6. The van der Waals surface area contributed by atoms with Crippen molar-refractivity contribution in [3.8, 4) is 0 Å². The lowest BCUT2D eigenvalue weighted by Gasteiger charge is -2.20. The first-order valence-corrected chi connectivity index (χ1v) is 11.5. The molecule has 0 saturated carbocycles. The molecule has 0 saturated heterocycles. The van der Waals surface area contributed by atoms with E-state index in [2.05, 4.69) is 18.3 Å². The van der Waals surface area contributed by atoms with Crippen LogP contribution in [0.25, 0.3) is 10.2 Å². The van der Waals surface area contributed by atoms with E-state index in [4.69, 9.17) is 16.5 Å². The molecule has 0 spiro atoms. The monoisotopic (exact) mass is 426 g/mol. The quantitative estimate of drug-likeness (QED) is 0.590. The molecule has 0 aromatic carbocycles. The number of nitrogens with two attached hydrogens (primary N) is 2. The van der Waals surface area contributed by atoms with Crippen LogP contribution in [0.3, 0.4) is 0 Å². The second-order valence-corrected chi connectivity index (χ2v) is 10.1. The summed E-state index contributed by atoms with van der Waals surface area (Å²) >= 11 is 2.76. The zero-order valence-corrected chi connectivity index (χ0v) is 17.8. The lowest BCUT2D eigenvalue weighted by atomic mass is 9.87. The molecule has 5 rings (SSSR count). The van der Waals surface area contributed by atoms with Crippen molar-refractivity contribution in [3.63, 3.8) is 0 Å². The Morgan fingerprint density at radius 3 is 2.86 bits per heavy atom. The van der Waals surface area contributed by atoms with E-state index in [1.807, 2.05) is 0 Å². The van der Waals surface area contributed by atoms with Gasteiger partial charge in [0.1, 0.15) is 14.7 Å². The number of pyridine rings is 1. The molecule has 3 aromatic heterocycles. The Bertz CT molecular complexity index is 1180. The van der Waals surface area contributed by atoms with Crippen LogP contribution >= 0.6 is 22.7 Å². The van der Waals surface area contributed by atoms with Gasteiger partial charge in [0.25, 0.3) is 11.8 Å². The van der Waals surface area contributed by atoms with Gasteiger partial charge < -0.3 is 16.8 Å². The van der Waals surface area contributed by atoms with Crippen molar-refractivity contribution >= 4 is 55.4 Å². The number of carbonyl (C=O) groups is 2. The summed E-state index contributed by atoms with van der Waals surface area (Å²) < 4.78 is 0. The van der Waals surface area contributed by atoms with Crippen LogP contribution in [0, 0.1) is 5.92 Å². The fourth-order valence-electron chi connectivity index (χ4n) is 4.45. The second kappa shape index (κ2) is 6.81. The minimum absolute atomic E-state index is 0.306. The normalized spacial score (nSPS) is 17.9. The molecule has 3 heterocycles. The van der Waals surface area contributed by atoms with Crippen molar-refractivity contribution in [2.75, 3.05) is 11.1 Å². The van der Waals surface area contributed by atoms with Gasteiger partial charge in [0.15, 0.2) is 0 Å². The number of hydrogen-bond donors (Lipinski definition) is 3. The molecular weight excluding hydrogens is 404 g/mol. The number of rotatable bonds is 3. The fourth-order valence-corrected chi connectivity index (χ4v) is 6.74. The molecule has 29 heavy (non-hydrogen) atoms. The van der Waals surface area contributed by atoms with E-state index < -0.39 is 5.91 Å². The van der Waals surface area contributed by atoms with Crippen LogP contribution in [0.5, 0.6) is 0 Å². The summed E-state index contributed by atoms with van der Waals surface area (Å²) in [6, 6.07) is 2.10. The van der Waals surface area contributed by atoms with Crippen LogP contribution in [-0.4, -0.2) is 16.8 Å². The number of nitrogen functional groups attached to an aromatic ring is 1. The molecule has 0 bridgehead atoms. The minimum Gasteiger partial charge on any atom is -0.397 e. The average molecular weight is 427 g/mol. The third-order valence-electron chi connectivity index (χ3n) is 5.93. The highest BCUT2D eigenvalue weighted by Crippen LogP contribution is 2.40. The molecule has 0 radical (unpaired) electrons. The van der Waals surface area contributed by atoms with Crippen molar-refractivity contribution in [1.82, 2.24) is 4.98 Å². The molecule has 2 amide bonds. The Kier molecular flexibility index (Phi) is 4.36. The first-order chi connectivity index (χ1) is 13.9. The van der Waals surface area contributed by atoms with Gasteiger partial charge in [-0.15, -0.1) is 22.7 Å². The summed E-state index contributed by atoms with van der Waals surface area (Å²) in [6.07, 6.45) is 5.88. The smallest absolute Gasteiger partial charge is 0.268 e. The van der Waals surface area contributed by atoms with E-state index in [1.54, 1.807) is 0 Å². The van der Waals surface area contributed by atoms with E-state index in [0.717, 1.165) is 64.9 Å². The van der Waals surface area contributed by atoms with Crippen molar-refractivity contribution < 1.29 is 9.59 Å². The molecule has 1 unspecified atom stereocenters. The highest BCUT2D eigenvalue weighted by molar-refractivity contribution is 7.21. The molecule has 1 atom stereocenters. The van der Waals surface area contributed by atoms with Crippen molar-refractivity contribution in [2.45, 2.75) is 45.4 Å². The van der Waals surface area contributed by atoms with E-state index in [1.165, 1.54) is 28.2 Å². The zero-order valence-electron chi connectivity index (χ0n) is 16.1. The lowest BCUT2D eigenvalue weighted by molar-refractivity contribution is 0.100. The maximum Gasteiger partial charge on any atom is 0.268 e. The van der Waals surface area contributed by atoms with Gasteiger partial charge in [-0.3, -0.25) is 9.59 Å². The number of aryl methyl sites for hydroxylation is 2. The Labute approximate surface area is 176 Å². The number of primary amides is 1. The SMILES string of the molecule is CC1CCc2nc3sc(C(=O)Nc4sc5c(c4C(N)=O)CCC5)c(N)c3cc2C1. The molecule has 3 aromatic rings. The Morgan fingerprint density at radius 2 is 2.07 bits per heavy atom. The number of anilines is 2. The average Bonchev–Trinajstić information content (AvgIpc) is 3.33.